The minimum atomic E-state index is 0.653. The Morgan fingerprint density at radius 3 is 3.24 bits per heavy atom. The van der Waals surface area contributed by atoms with Gasteiger partial charge in [-0.25, -0.2) is 4.98 Å². The maximum absolute atomic E-state index is 5.66. The Kier molecular flexibility index (Phi) is 3.73. The van der Waals surface area contributed by atoms with E-state index in [1.54, 1.807) is 11.3 Å². The molecule has 21 heavy (non-hydrogen) atoms. The summed E-state index contributed by atoms with van der Waals surface area (Å²) in [5, 5.41) is 0.653. The molecular weight excluding hydrogens is 302 g/mol. The van der Waals surface area contributed by atoms with E-state index in [1.165, 1.54) is 35.0 Å². The molecule has 0 saturated carbocycles. The van der Waals surface area contributed by atoms with E-state index < -0.39 is 0 Å². The number of aryl methyl sites for hydroxylation is 2. The minimum Gasteiger partial charge on any atom is -0.380 e. The van der Waals surface area contributed by atoms with Crippen LogP contribution in [0.4, 0.5) is 0 Å². The Morgan fingerprint density at radius 1 is 1.43 bits per heavy atom. The van der Waals surface area contributed by atoms with Crippen LogP contribution in [0.2, 0.25) is 0 Å². The molecule has 2 atom stereocenters. The van der Waals surface area contributed by atoms with E-state index in [9.17, 15) is 0 Å². The normalized spacial score (nSPS) is 27.1. The Morgan fingerprint density at radius 2 is 2.33 bits per heavy atom. The van der Waals surface area contributed by atoms with Gasteiger partial charge in [0.05, 0.1) is 18.0 Å². The van der Waals surface area contributed by atoms with Crippen molar-refractivity contribution in [3.05, 3.63) is 22.5 Å². The summed E-state index contributed by atoms with van der Waals surface area (Å²) < 4.78 is 7.95. The number of imidazole rings is 1. The fraction of sp³-hybridized carbons (Fsp3) is 0.667. The van der Waals surface area contributed by atoms with Gasteiger partial charge < -0.3 is 4.74 Å². The zero-order valence-electron chi connectivity index (χ0n) is 12.5. The molecule has 2 saturated heterocycles. The van der Waals surface area contributed by atoms with Crippen LogP contribution in [0.5, 0.6) is 0 Å². The maximum Gasteiger partial charge on any atom is 0.194 e. The van der Waals surface area contributed by atoms with Crippen molar-refractivity contribution in [3.8, 4) is 0 Å². The number of fused-ring (bicyclic) bond motifs is 2. The molecule has 0 aromatic carbocycles. The molecule has 0 spiro atoms. The number of thioether (sulfide) groups is 1. The van der Waals surface area contributed by atoms with Crippen molar-refractivity contribution in [3.63, 3.8) is 0 Å². The third kappa shape index (κ3) is 2.52. The van der Waals surface area contributed by atoms with Gasteiger partial charge in [0.25, 0.3) is 0 Å². The van der Waals surface area contributed by atoms with Crippen molar-refractivity contribution in [2.75, 3.05) is 25.5 Å². The first-order valence-corrected chi connectivity index (χ1v) is 9.46. The monoisotopic (exact) mass is 323 g/mol. The number of thiazole rings is 1. The van der Waals surface area contributed by atoms with Gasteiger partial charge in [0, 0.05) is 47.8 Å². The molecule has 2 aliphatic rings. The summed E-state index contributed by atoms with van der Waals surface area (Å²) in [5.41, 5.74) is 2.55. The van der Waals surface area contributed by atoms with Crippen LogP contribution in [0.1, 0.15) is 22.7 Å². The average Bonchev–Trinajstić information content (AvgIpc) is 2.97. The van der Waals surface area contributed by atoms with Gasteiger partial charge >= 0.3 is 0 Å². The summed E-state index contributed by atoms with van der Waals surface area (Å²) in [5.74, 6) is 1.22. The molecule has 4 rings (SSSR count). The molecule has 0 radical (unpaired) electrons. The number of hydrogen-bond donors (Lipinski definition) is 0. The first-order valence-electron chi connectivity index (χ1n) is 7.60. The second kappa shape index (κ2) is 5.57. The molecule has 4 heterocycles. The van der Waals surface area contributed by atoms with Gasteiger partial charge in [-0.3, -0.25) is 9.30 Å². The van der Waals surface area contributed by atoms with Crippen molar-refractivity contribution < 1.29 is 4.74 Å². The maximum atomic E-state index is 5.66. The highest BCUT2D eigenvalue weighted by Crippen LogP contribution is 2.32. The largest absolute Gasteiger partial charge is 0.380 e. The number of ether oxygens (including phenoxy) is 1. The second-order valence-corrected chi connectivity index (χ2v) is 8.51. The van der Waals surface area contributed by atoms with Crippen molar-refractivity contribution in [2.45, 2.75) is 38.1 Å². The summed E-state index contributed by atoms with van der Waals surface area (Å²) in [6.45, 7) is 8.34. The van der Waals surface area contributed by atoms with Gasteiger partial charge in [-0.15, -0.1) is 11.3 Å². The van der Waals surface area contributed by atoms with Crippen LogP contribution in [-0.4, -0.2) is 51.1 Å². The molecule has 4 nitrogen and oxygen atoms in total. The summed E-state index contributed by atoms with van der Waals surface area (Å²) in [7, 11) is 0. The summed E-state index contributed by atoms with van der Waals surface area (Å²) in [4.78, 5) is 9.85. The lowest BCUT2D eigenvalue weighted by molar-refractivity contribution is 0.0346. The fourth-order valence-electron chi connectivity index (χ4n) is 3.45. The Hall–Kier alpha value is -0.560. The number of nitrogens with zero attached hydrogens (tertiary/aromatic N) is 3. The van der Waals surface area contributed by atoms with Crippen LogP contribution >= 0.6 is 23.1 Å². The quantitative estimate of drug-likeness (QED) is 0.850. The number of rotatable bonds is 2. The molecule has 0 bridgehead atoms. The van der Waals surface area contributed by atoms with E-state index in [4.69, 9.17) is 9.72 Å². The lowest BCUT2D eigenvalue weighted by Crippen LogP contribution is -2.51. The third-order valence-corrected chi connectivity index (χ3v) is 6.74. The molecule has 6 heteroatoms. The van der Waals surface area contributed by atoms with Gasteiger partial charge in [0.15, 0.2) is 4.96 Å². The van der Waals surface area contributed by atoms with E-state index in [1.807, 2.05) is 0 Å². The molecule has 2 fully saturated rings. The SMILES string of the molecule is Cc1cn2c(CN3CCS[C@@H]4COCC[C@H]43)c(C)nc2s1. The topological polar surface area (TPSA) is 29.8 Å². The van der Waals surface area contributed by atoms with Gasteiger partial charge in [0.1, 0.15) is 0 Å². The van der Waals surface area contributed by atoms with E-state index in [2.05, 4.69) is 41.1 Å². The molecule has 0 N–H and O–H groups in total. The molecular formula is C15H21N3OS2. The Balaban J connectivity index is 1.62. The minimum absolute atomic E-state index is 0.653. The van der Waals surface area contributed by atoms with Crippen LogP contribution in [-0.2, 0) is 11.3 Å². The molecule has 0 amide bonds. The van der Waals surface area contributed by atoms with Crippen molar-refractivity contribution in [1.29, 1.82) is 0 Å². The molecule has 0 unspecified atom stereocenters. The van der Waals surface area contributed by atoms with E-state index >= 15 is 0 Å². The van der Waals surface area contributed by atoms with Crippen LogP contribution in [0, 0.1) is 13.8 Å². The standard InChI is InChI=1S/C15H21N3OS2/c1-10-7-18-13(11(2)16-15(18)21-10)8-17-4-6-20-14-9-19-5-3-12(14)17/h7,12,14H,3-6,8-9H2,1-2H3/t12-,14-/m1/s1. The Bertz CT molecular complexity index is 649. The predicted molar refractivity (Wildman–Crippen MR) is 88.4 cm³/mol. The lowest BCUT2D eigenvalue weighted by Gasteiger charge is -2.43. The van der Waals surface area contributed by atoms with E-state index in [0.717, 1.165) is 24.7 Å². The van der Waals surface area contributed by atoms with Gasteiger partial charge in [-0.1, -0.05) is 0 Å². The zero-order valence-corrected chi connectivity index (χ0v) is 14.2. The molecule has 2 aliphatic heterocycles. The molecule has 2 aromatic rings. The zero-order chi connectivity index (χ0) is 14.4. The van der Waals surface area contributed by atoms with E-state index in [-0.39, 0.29) is 0 Å². The summed E-state index contributed by atoms with van der Waals surface area (Å²) in [6, 6.07) is 0.669. The number of aromatic nitrogens is 2. The number of hydrogen-bond acceptors (Lipinski definition) is 5. The van der Waals surface area contributed by atoms with Gasteiger partial charge in [0.2, 0.25) is 0 Å². The molecule has 114 valence electrons. The third-order valence-electron chi connectivity index (χ3n) is 4.54. The molecule has 2 aromatic heterocycles. The van der Waals surface area contributed by atoms with Crippen molar-refractivity contribution >= 4 is 28.1 Å². The first kappa shape index (κ1) is 14.1. The van der Waals surface area contributed by atoms with Crippen molar-refractivity contribution in [1.82, 2.24) is 14.3 Å². The molecule has 0 aliphatic carbocycles. The highest BCUT2D eigenvalue weighted by molar-refractivity contribution is 8.00. The van der Waals surface area contributed by atoms with Gasteiger partial charge in [-0.2, -0.15) is 11.8 Å². The smallest absolute Gasteiger partial charge is 0.194 e. The fourth-order valence-corrected chi connectivity index (χ4v) is 5.71. The van der Waals surface area contributed by atoms with Gasteiger partial charge in [-0.05, 0) is 20.3 Å². The predicted octanol–water partition coefficient (Wildman–Crippen LogP) is 2.72. The van der Waals surface area contributed by atoms with Crippen molar-refractivity contribution in [2.24, 2.45) is 0 Å². The van der Waals surface area contributed by atoms with Crippen LogP contribution in [0.3, 0.4) is 0 Å². The van der Waals surface area contributed by atoms with E-state index in [0.29, 0.717) is 11.3 Å². The summed E-state index contributed by atoms with van der Waals surface area (Å²) in [6.07, 6.45) is 3.40. The first-order chi connectivity index (χ1) is 10.2. The highest BCUT2D eigenvalue weighted by Gasteiger charge is 2.35. The van der Waals surface area contributed by atoms with Crippen LogP contribution in [0.15, 0.2) is 6.20 Å². The second-order valence-electron chi connectivity index (χ2n) is 5.95. The average molecular weight is 323 g/mol. The lowest BCUT2D eigenvalue weighted by atomic mass is 10.1. The Labute approximate surface area is 133 Å². The van der Waals surface area contributed by atoms with Crippen LogP contribution in [0.25, 0.3) is 4.96 Å². The summed E-state index contributed by atoms with van der Waals surface area (Å²) >= 11 is 3.87. The van der Waals surface area contributed by atoms with Crippen LogP contribution < -0.4 is 0 Å². The highest BCUT2D eigenvalue weighted by atomic mass is 32.2.